The zero-order valence-electron chi connectivity index (χ0n) is 17.5. The van der Waals surface area contributed by atoms with Crippen molar-refractivity contribution in [3.05, 3.63) is 59.7 Å². The topological polar surface area (TPSA) is 79.2 Å². The SMILES string of the molecule is COc1ccc(C(c2ccc(OC)cc2)N2C(=O)[C@H](C(C)O)[C@H]2C(C)(C)O)cc1. The van der Waals surface area contributed by atoms with E-state index < -0.39 is 29.7 Å². The second-order valence-corrected chi connectivity index (χ2v) is 8.06. The van der Waals surface area contributed by atoms with Gasteiger partial charge in [-0.05, 0) is 56.2 Å². The van der Waals surface area contributed by atoms with Gasteiger partial charge in [0, 0.05) is 0 Å². The van der Waals surface area contributed by atoms with Crippen molar-refractivity contribution in [1.29, 1.82) is 0 Å². The molecule has 0 bridgehead atoms. The molecule has 3 atom stereocenters. The lowest BCUT2D eigenvalue weighted by Crippen LogP contribution is -2.71. The van der Waals surface area contributed by atoms with Gasteiger partial charge in [0.2, 0.25) is 5.91 Å². The molecule has 1 amide bonds. The summed E-state index contributed by atoms with van der Waals surface area (Å²) in [5, 5.41) is 21.0. The highest BCUT2D eigenvalue weighted by atomic mass is 16.5. The van der Waals surface area contributed by atoms with Gasteiger partial charge in [-0.25, -0.2) is 0 Å². The minimum atomic E-state index is -1.17. The third-order valence-corrected chi connectivity index (χ3v) is 5.56. The quantitative estimate of drug-likeness (QED) is 0.700. The van der Waals surface area contributed by atoms with Gasteiger partial charge in [0.05, 0.1) is 43.9 Å². The molecule has 3 rings (SSSR count). The third kappa shape index (κ3) is 3.95. The van der Waals surface area contributed by atoms with Crippen LogP contribution in [0, 0.1) is 5.92 Å². The molecule has 2 N–H and O–H groups in total. The zero-order chi connectivity index (χ0) is 21.3. The maximum absolute atomic E-state index is 13.1. The molecule has 0 saturated carbocycles. The van der Waals surface area contributed by atoms with Crippen LogP contribution >= 0.6 is 0 Å². The number of carbonyl (C=O) groups excluding carboxylic acids is 1. The van der Waals surface area contributed by atoms with Crippen molar-refractivity contribution in [2.75, 3.05) is 14.2 Å². The Morgan fingerprint density at radius 1 is 0.931 bits per heavy atom. The lowest BCUT2D eigenvalue weighted by molar-refractivity contribution is -0.188. The van der Waals surface area contributed by atoms with Gasteiger partial charge in [-0.2, -0.15) is 0 Å². The van der Waals surface area contributed by atoms with Gasteiger partial charge < -0.3 is 24.6 Å². The largest absolute Gasteiger partial charge is 0.497 e. The number of aliphatic hydroxyl groups is 2. The Kier molecular flexibility index (Phi) is 5.87. The molecular formula is C23H29NO5. The van der Waals surface area contributed by atoms with E-state index in [0.29, 0.717) is 0 Å². The van der Waals surface area contributed by atoms with E-state index in [1.807, 2.05) is 48.5 Å². The van der Waals surface area contributed by atoms with Crippen molar-refractivity contribution in [3.8, 4) is 11.5 Å². The van der Waals surface area contributed by atoms with Gasteiger partial charge in [-0.15, -0.1) is 0 Å². The van der Waals surface area contributed by atoms with E-state index in [1.54, 1.807) is 39.9 Å². The lowest BCUT2D eigenvalue weighted by atomic mass is 9.72. The molecule has 156 valence electrons. The van der Waals surface area contributed by atoms with Crippen LogP contribution in [0.2, 0.25) is 0 Å². The van der Waals surface area contributed by atoms with E-state index in [9.17, 15) is 15.0 Å². The first-order valence-corrected chi connectivity index (χ1v) is 9.69. The highest BCUT2D eigenvalue weighted by molar-refractivity contribution is 5.88. The average Bonchev–Trinajstić information content (AvgIpc) is 2.69. The molecule has 1 saturated heterocycles. The van der Waals surface area contributed by atoms with E-state index in [2.05, 4.69) is 0 Å². The standard InChI is InChI=1S/C23H29NO5/c1-14(25)19-21(23(2,3)27)24(22(19)26)20(15-6-10-17(28-4)11-7-15)16-8-12-18(29-5)13-9-16/h6-14,19-21,25,27H,1-5H3/t14?,19-,21+/m1/s1. The predicted octanol–water partition coefficient (Wildman–Crippen LogP) is 2.77. The maximum atomic E-state index is 13.1. The van der Waals surface area contributed by atoms with E-state index in [-0.39, 0.29) is 5.91 Å². The number of ether oxygens (including phenoxy) is 2. The second kappa shape index (κ2) is 8.05. The van der Waals surface area contributed by atoms with Crippen molar-refractivity contribution >= 4 is 5.91 Å². The number of likely N-dealkylation sites (tertiary alicyclic amines) is 1. The predicted molar refractivity (Wildman–Crippen MR) is 110 cm³/mol. The van der Waals surface area contributed by atoms with Gasteiger partial charge in [-0.1, -0.05) is 24.3 Å². The van der Waals surface area contributed by atoms with Crippen LogP contribution in [0.5, 0.6) is 11.5 Å². The summed E-state index contributed by atoms with van der Waals surface area (Å²) in [7, 11) is 3.21. The first-order chi connectivity index (χ1) is 13.7. The molecule has 2 aromatic rings. The number of amides is 1. The molecule has 1 aliphatic rings. The Morgan fingerprint density at radius 2 is 1.34 bits per heavy atom. The van der Waals surface area contributed by atoms with Gasteiger partial charge in [0.1, 0.15) is 11.5 Å². The molecule has 1 fully saturated rings. The second-order valence-electron chi connectivity index (χ2n) is 8.06. The summed E-state index contributed by atoms with van der Waals surface area (Å²) in [6.45, 7) is 4.94. The van der Waals surface area contributed by atoms with Gasteiger partial charge in [0.15, 0.2) is 0 Å². The number of β-lactam (4-membered cyclic amide) rings is 1. The van der Waals surface area contributed by atoms with Crippen LogP contribution in [0.15, 0.2) is 48.5 Å². The Hall–Kier alpha value is -2.57. The molecule has 1 unspecified atom stereocenters. The average molecular weight is 399 g/mol. The summed E-state index contributed by atoms with van der Waals surface area (Å²) < 4.78 is 10.5. The number of rotatable bonds is 7. The summed E-state index contributed by atoms with van der Waals surface area (Å²) in [6.07, 6.45) is -0.845. The molecule has 1 heterocycles. The monoisotopic (exact) mass is 399 g/mol. The highest BCUT2D eigenvalue weighted by Crippen LogP contribution is 2.45. The van der Waals surface area contributed by atoms with Crippen LogP contribution in [0.4, 0.5) is 0 Å². The van der Waals surface area contributed by atoms with Gasteiger partial charge in [0.25, 0.3) is 0 Å². The molecule has 29 heavy (non-hydrogen) atoms. The number of hydrogen-bond donors (Lipinski definition) is 2. The first-order valence-electron chi connectivity index (χ1n) is 9.69. The van der Waals surface area contributed by atoms with E-state index >= 15 is 0 Å². The first kappa shape index (κ1) is 21.1. The fraction of sp³-hybridized carbons (Fsp3) is 0.435. The number of benzene rings is 2. The lowest BCUT2D eigenvalue weighted by Gasteiger charge is -2.56. The van der Waals surface area contributed by atoms with Crippen LogP contribution in [0.25, 0.3) is 0 Å². The third-order valence-electron chi connectivity index (χ3n) is 5.56. The van der Waals surface area contributed by atoms with Crippen LogP contribution in [-0.4, -0.2) is 53.0 Å². The fourth-order valence-electron chi connectivity index (χ4n) is 4.16. The smallest absolute Gasteiger partial charge is 0.231 e. The van der Waals surface area contributed by atoms with E-state index in [1.165, 1.54) is 0 Å². The molecule has 6 nitrogen and oxygen atoms in total. The summed E-state index contributed by atoms with van der Waals surface area (Å²) in [5.74, 6) is 0.619. The van der Waals surface area contributed by atoms with Gasteiger partial charge in [-0.3, -0.25) is 4.79 Å². The minimum Gasteiger partial charge on any atom is -0.497 e. The van der Waals surface area contributed by atoms with Crippen molar-refractivity contribution in [3.63, 3.8) is 0 Å². The van der Waals surface area contributed by atoms with Crippen molar-refractivity contribution in [2.45, 2.75) is 44.6 Å². The molecule has 6 heteroatoms. The maximum Gasteiger partial charge on any atom is 0.231 e. The number of carbonyl (C=O) groups is 1. The van der Waals surface area contributed by atoms with E-state index in [4.69, 9.17) is 9.47 Å². The Labute approximate surface area is 171 Å². The normalized spacial score (nSPS) is 20.4. The van der Waals surface area contributed by atoms with Crippen LogP contribution < -0.4 is 9.47 Å². The minimum absolute atomic E-state index is 0.177. The summed E-state index contributed by atoms with van der Waals surface area (Å²) in [6, 6.07) is 14.1. The Bertz CT molecular complexity index is 792. The Morgan fingerprint density at radius 3 is 1.66 bits per heavy atom. The van der Waals surface area contributed by atoms with Crippen LogP contribution in [-0.2, 0) is 4.79 Å². The number of aliphatic hydroxyl groups excluding tert-OH is 1. The van der Waals surface area contributed by atoms with Gasteiger partial charge >= 0.3 is 0 Å². The Balaban J connectivity index is 2.09. The van der Waals surface area contributed by atoms with Crippen molar-refractivity contribution in [1.82, 2.24) is 4.90 Å². The zero-order valence-corrected chi connectivity index (χ0v) is 17.5. The molecule has 0 spiro atoms. The molecule has 1 aliphatic heterocycles. The number of hydrogen-bond acceptors (Lipinski definition) is 5. The van der Waals surface area contributed by atoms with Crippen molar-refractivity contribution < 1.29 is 24.5 Å². The molecular weight excluding hydrogens is 370 g/mol. The summed E-state index contributed by atoms with van der Waals surface area (Å²) >= 11 is 0. The fourth-order valence-corrected chi connectivity index (χ4v) is 4.16. The van der Waals surface area contributed by atoms with Crippen LogP contribution in [0.3, 0.4) is 0 Å². The van der Waals surface area contributed by atoms with E-state index in [0.717, 1.165) is 22.6 Å². The molecule has 0 aromatic heterocycles. The molecule has 2 aromatic carbocycles. The molecule has 0 aliphatic carbocycles. The molecule has 0 radical (unpaired) electrons. The summed E-state index contributed by atoms with van der Waals surface area (Å²) in [4.78, 5) is 14.8. The van der Waals surface area contributed by atoms with Crippen LogP contribution in [0.1, 0.15) is 37.9 Å². The number of methoxy groups -OCH3 is 2. The van der Waals surface area contributed by atoms with Crippen molar-refractivity contribution in [2.24, 2.45) is 5.92 Å². The summed E-state index contributed by atoms with van der Waals surface area (Å²) in [5.41, 5.74) is 0.609. The number of nitrogens with zero attached hydrogens (tertiary/aromatic N) is 1. The highest BCUT2D eigenvalue weighted by Gasteiger charge is 2.58.